The summed E-state index contributed by atoms with van der Waals surface area (Å²) in [6.45, 7) is 1.84. The van der Waals surface area contributed by atoms with Gasteiger partial charge in [-0.05, 0) is 24.6 Å². The minimum atomic E-state index is -0.242. The van der Waals surface area contributed by atoms with Crippen LogP contribution < -0.4 is 5.73 Å². The number of nitrogens with two attached hydrogens (primary N) is 1. The van der Waals surface area contributed by atoms with Crippen molar-refractivity contribution in [1.29, 1.82) is 0 Å². The number of halogens is 1. The molecule has 2 rings (SSSR count). The Morgan fingerprint density at radius 3 is 2.76 bits per heavy atom. The monoisotopic (exact) mass is 251 g/mol. The number of hydrogen-bond acceptors (Lipinski definition) is 3. The predicted molar refractivity (Wildman–Crippen MR) is 66.3 cm³/mol. The molecular formula is C12H14FN3S. The van der Waals surface area contributed by atoms with Gasteiger partial charge in [-0.3, -0.25) is 4.68 Å². The zero-order chi connectivity index (χ0) is 12.4. The Labute approximate surface area is 104 Å². The van der Waals surface area contributed by atoms with Crippen LogP contribution in [0.4, 0.5) is 4.39 Å². The molecule has 2 aromatic rings. The van der Waals surface area contributed by atoms with E-state index in [1.165, 1.54) is 17.8 Å². The molecule has 0 amide bonds. The third kappa shape index (κ3) is 2.87. The summed E-state index contributed by atoms with van der Waals surface area (Å²) < 4.78 is 15.5. The summed E-state index contributed by atoms with van der Waals surface area (Å²) in [5.41, 5.74) is 6.51. The van der Waals surface area contributed by atoms with E-state index in [1.54, 1.807) is 16.9 Å². The fourth-order valence-electron chi connectivity index (χ4n) is 1.46. The molecular weight excluding hydrogens is 237 g/mol. The van der Waals surface area contributed by atoms with Crippen LogP contribution in [0, 0.1) is 5.82 Å². The molecule has 0 unspecified atom stereocenters. The van der Waals surface area contributed by atoms with E-state index < -0.39 is 0 Å². The van der Waals surface area contributed by atoms with Crippen LogP contribution in [-0.2, 0) is 7.05 Å². The van der Waals surface area contributed by atoms with E-state index >= 15 is 0 Å². The molecule has 1 atom stereocenters. The molecule has 1 heterocycles. The lowest BCUT2D eigenvalue weighted by atomic mass is 10.1. The highest BCUT2D eigenvalue weighted by molar-refractivity contribution is 7.99. The van der Waals surface area contributed by atoms with Crippen molar-refractivity contribution in [2.75, 3.05) is 0 Å². The molecule has 1 aromatic carbocycles. The minimum absolute atomic E-state index is 0.151. The lowest BCUT2D eigenvalue weighted by Gasteiger charge is -2.07. The van der Waals surface area contributed by atoms with Crippen LogP contribution in [0.2, 0.25) is 0 Å². The molecule has 5 heteroatoms. The van der Waals surface area contributed by atoms with Crippen molar-refractivity contribution in [3.63, 3.8) is 0 Å². The van der Waals surface area contributed by atoms with Gasteiger partial charge in [-0.25, -0.2) is 4.39 Å². The maximum atomic E-state index is 13.8. The normalized spacial score (nSPS) is 12.7. The number of aryl methyl sites for hydroxylation is 1. The number of aromatic nitrogens is 2. The maximum Gasteiger partial charge on any atom is 0.137 e. The fourth-order valence-corrected chi connectivity index (χ4v) is 2.31. The summed E-state index contributed by atoms with van der Waals surface area (Å²) in [7, 11) is 1.83. The first-order valence-electron chi connectivity index (χ1n) is 5.28. The molecule has 3 nitrogen and oxygen atoms in total. The van der Waals surface area contributed by atoms with Crippen LogP contribution >= 0.6 is 11.8 Å². The second-order valence-electron chi connectivity index (χ2n) is 3.93. The molecule has 0 aliphatic rings. The number of rotatable bonds is 3. The van der Waals surface area contributed by atoms with Gasteiger partial charge in [0, 0.05) is 24.2 Å². The van der Waals surface area contributed by atoms with Crippen molar-refractivity contribution in [2.45, 2.75) is 22.8 Å². The third-order valence-electron chi connectivity index (χ3n) is 2.39. The van der Waals surface area contributed by atoms with Crippen LogP contribution in [0.1, 0.15) is 18.5 Å². The van der Waals surface area contributed by atoms with Gasteiger partial charge in [0.15, 0.2) is 0 Å². The topological polar surface area (TPSA) is 43.8 Å². The summed E-state index contributed by atoms with van der Waals surface area (Å²) >= 11 is 1.36. The van der Waals surface area contributed by atoms with Gasteiger partial charge in [-0.2, -0.15) is 5.10 Å². The Hall–Kier alpha value is -1.33. The highest BCUT2D eigenvalue weighted by Crippen LogP contribution is 2.30. The first-order chi connectivity index (χ1) is 8.06. The molecule has 1 aromatic heterocycles. The molecule has 0 fully saturated rings. The molecule has 2 N–H and O–H groups in total. The number of benzene rings is 1. The van der Waals surface area contributed by atoms with Crippen molar-refractivity contribution < 1.29 is 4.39 Å². The second-order valence-corrected chi connectivity index (χ2v) is 5.05. The highest BCUT2D eigenvalue weighted by Gasteiger charge is 2.08. The Morgan fingerprint density at radius 2 is 2.24 bits per heavy atom. The first-order valence-corrected chi connectivity index (χ1v) is 6.09. The Morgan fingerprint density at radius 1 is 1.47 bits per heavy atom. The molecule has 17 heavy (non-hydrogen) atoms. The van der Waals surface area contributed by atoms with Crippen LogP contribution in [-0.4, -0.2) is 9.78 Å². The van der Waals surface area contributed by atoms with E-state index in [2.05, 4.69) is 5.10 Å². The molecule has 0 saturated heterocycles. The van der Waals surface area contributed by atoms with Crippen molar-refractivity contribution in [3.05, 3.63) is 42.0 Å². The lowest BCUT2D eigenvalue weighted by Crippen LogP contribution is -2.05. The van der Waals surface area contributed by atoms with Gasteiger partial charge in [0.2, 0.25) is 0 Å². The molecule has 90 valence electrons. The summed E-state index contributed by atoms with van der Waals surface area (Å²) in [4.78, 5) is 1.50. The zero-order valence-corrected chi connectivity index (χ0v) is 10.5. The van der Waals surface area contributed by atoms with Gasteiger partial charge < -0.3 is 5.73 Å². The number of nitrogens with zero attached hydrogens (tertiary/aromatic N) is 2. The van der Waals surface area contributed by atoms with Gasteiger partial charge in [0.1, 0.15) is 5.82 Å². The third-order valence-corrected chi connectivity index (χ3v) is 3.39. The SMILES string of the molecule is C[C@H](N)c1ccc(Sc2cnn(C)c2)c(F)c1. The number of hydrogen-bond donors (Lipinski definition) is 1. The van der Waals surface area contributed by atoms with Crippen LogP contribution in [0.5, 0.6) is 0 Å². The first kappa shape index (κ1) is 12.1. The van der Waals surface area contributed by atoms with E-state index in [0.29, 0.717) is 4.90 Å². The van der Waals surface area contributed by atoms with Gasteiger partial charge in [0.05, 0.1) is 11.1 Å². The fraction of sp³-hybridized carbons (Fsp3) is 0.250. The van der Waals surface area contributed by atoms with Crippen molar-refractivity contribution >= 4 is 11.8 Å². The molecule has 0 aliphatic heterocycles. The minimum Gasteiger partial charge on any atom is -0.324 e. The summed E-state index contributed by atoms with van der Waals surface area (Å²) in [5, 5.41) is 4.04. The van der Waals surface area contributed by atoms with Crippen molar-refractivity contribution in [3.8, 4) is 0 Å². The molecule has 0 bridgehead atoms. The van der Waals surface area contributed by atoms with Crippen LogP contribution in [0.25, 0.3) is 0 Å². The Kier molecular flexibility index (Phi) is 3.49. The van der Waals surface area contributed by atoms with E-state index in [1.807, 2.05) is 26.2 Å². The molecule has 0 aliphatic carbocycles. The molecule has 0 spiro atoms. The Balaban J connectivity index is 2.22. The Bertz CT molecular complexity index is 522. The summed E-state index contributed by atoms with van der Waals surface area (Å²) in [5.74, 6) is -0.242. The maximum absolute atomic E-state index is 13.8. The van der Waals surface area contributed by atoms with Gasteiger partial charge in [0.25, 0.3) is 0 Å². The smallest absolute Gasteiger partial charge is 0.137 e. The van der Waals surface area contributed by atoms with Crippen LogP contribution in [0.15, 0.2) is 40.4 Å². The standard InChI is InChI=1S/C12H14FN3S/c1-8(14)9-3-4-12(11(13)5-9)17-10-6-15-16(2)7-10/h3-8H,14H2,1-2H3/t8-/m0/s1. The highest BCUT2D eigenvalue weighted by atomic mass is 32.2. The quantitative estimate of drug-likeness (QED) is 0.912. The van der Waals surface area contributed by atoms with Gasteiger partial charge in [-0.1, -0.05) is 17.8 Å². The second kappa shape index (κ2) is 4.89. The van der Waals surface area contributed by atoms with Gasteiger partial charge >= 0.3 is 0 Å². The van der Waals surface area contributed by atoms with Gasteiger partial charge in [-0.15, -0.1) is 0 Å². The zero-order valence-electron chi connectivity index (χ0n) is 9.72. The summed E-state index contributed by atoms with van der Waals surface area (Å²) in [6, 6.07) is 4.95. The molecule has 0 saturated carbocycles. The lowest BCUT2D eigenvalue weighted by molar-refractivity contribution is 0.596. The predicted octanol–water partition coefficient (Wildman–Crippen LogP) is 2.73. The average Bonchev–Trinajstić information content (AvgIpc) is 2.67. The van der Waals surface area contributed by atoms with Crippen LogP contribution in [0.3, 0.4) is 0 Å². The van der Waals surface area contributed by atoms with Crippen molar-refractivity contribution in [2.24, 2.45) is 12.8 Å². The van der Waals surface area contributed by atoms with E-state index in [-0.39, 0.29) is 11.9 Å². The average molecular weight is 251 g/mol. The largest absolute Gasteiger partial charge is 0.324 e. The van der Waals surface area contributed by atoms with E-state index in [4.69, 9.17) is 5.73 Å². The van der Waals surface area contributed by atoms with E-state index in [9.17, 15) is 4.39 Å². The molecule has 0 radical (unpaired) electrons. The van der Waals surface area contributed by atoms with E-state index in [0.717, 1.165) is 10.5 Å². The summed E-state index contributed by atoms with van der Waals surface area (Å²) in [6.07, 6.45) is 3.56. The van der Waals surface area contributed by atoms with Crippen molar-refractivity contribution in [1.82, 2.24) is 9.78 Å².